The van der Waals surface area contributed by atoms with Gasteiger partial charge in [0.2, 0.25) is 11.8 Å². The predicted octanol–water partition coefficient (Wildman–Crippen LogP) is 1.21. The van der Waals surface area contributed by atoms with Gasteiger partial charge in [-0.05, 0) is 19.9 Å². The molecular formula is C16H21N7O2. The Hall–Kier alpha value is -2.97. The standard InChI is InChI=1S/C16H21N7O2/c1-3-23-13(10-12(2)21-23)16-20-19-15(25-16)5-4-14(24)18-7-9-22-8-6-17-11-22/h6,8,10-11H,3-5,7,9H2,1-2H3,(H,18,24). The average molecular weight is 343 g/mol. The number of rotatable bonds is 8. The van der Waals surface area contributed by atoms with E-state index in [1.807, 2.05) is 35.4 Å². The predicted molar refractivity (Wildman–Crippen MR) is 89.5 cm³/mol. The van der Waals surface area contributed by atoms with E-state index in [1.165, 1.54) is 0 Å². The third-order valence-corrected chi connectivity index (χ3v) is 3.70. The monoisotopic (exact) mass is 343 g/mol. The summed E-state index contributed by atoms with van der Waals surface area (Å²) in [4.78, 5) is 15.8. The van der Waals surface area contributed by atoms with E-state index < -0.39 is 0 Å². The molecule has 25 heavy (non-hydrogen) atoms. The molecule has 1 amide bonds. The molecule has 9 heteroatoms. The topological polar surface area (TPSA) is 104 Å². The molecule has 3 aromatic heterocycles. The van der Waals surface area contributed by atoms with Crippen LogP contribution in [-0.4, -0.2) is 42.0 Å². The molecule has 9 nitrogen and oxygen atoms in total. The van der Waals surface area contributed by atoms with Crippen molar-refractivity contribution in [1.29, 1.82) is 0 Å². The Morgan fingerprint density at radius 3 is 3.00 bits per heavy atom. The van der Waals surface area contributed by atoms with Gasteiger partial charge < -0.3 is 14.3 Å². The fourth-order valence-corrected chi connectivity index (χ4v) is 2.47. The molecule has 0 saturated carbocycles. The Kier molecular flexibility index (Phi) is 5.22. The molecule has 0 radical (unpaired) electrons. The van der Waals surface area contributed by atoms with Gasteiger partial charge in [-0.25, -0.2) is 4.98 Å². The van der Waals surface area contributed by atoms with Crippen molar-refractivity contribution in [2.24, 2.45) is 0 Å². The van der Waals surface area contributed by atoms with Gasteiger partial charge in [0.15, 0.2) is 0 Å². The first-order valence-corrected chi connectivity index (χ1v) is 8.25. The van der Waals surface area contributed by atoms with Crippen molar-refractivity contribution >= 4 is 5.91 Å². The summed E-state index contributed by atoms with van der Waals surface area (Å²) in [6, 6.07) is 1.91. The van der Waals surface area contributed by atoms with Crippen LogP contribution in [0, 0.1) is 6.92 Å². The first-order chi connectivity index (χ1) is 12.2. The molecule has 0 atom stereocenters. The third kappa shape index (κ3) is 4.31. The second-order valence-corrected chi connectivity index (χ2v) is 5.64. The number of nitrogens with one attached hydrogen (secondary N) is 1. The number of aryl methyl sites for hydroxylation is 3. The SMILES string of the molecule is CCn1nc(C)cc1-c1nnc(CCC(=O)NCCn2ccnc2)o1. The highest BCUT2D eigenvalue weighted by Crippen LogP contribution is 2.19. The van der Waals surface area contributed by atoms with Gasteiger partial charge >= 0.3 is 0 Å². The highest BCUT2D eigenvalue weighted by Gasteiger charge is 2.15. The Balaban J connectivity index is 1.49. The number of aromatic nitrogens is 6. The number of carbonyl (C=O) groups is 1. The minimum absolute atomic E-state index is 0.0469. The average Bonchev–Trinajstić information content (AvgIpc) is 3.33. The van der Waals surface area contributed by atoms with Gasteiger partial charge in [0, 0.05) is 44.9 Å². The Labute approximate surface area is 145 Å². The maximum Gasteiger partial charge on any atom is 0.265 e. The summed E-state index contributed by atoms with van der Waals surface area (Å²) in [5, 5.41) is 15.3. The molecule has 0 fully saturated rings. The lowest BCUT2D eigenvalue weighted by Crippen LogP contribution is -2.27. The van der Waals surface area contributed by atoms with Crippen molar-refractivity contribution in [3.8, 4) is 11.6 Å². The van der Waals surface area contributed by atoms with Gasteiger partial charge in [-0.15, -0.1) is 10.2 Å². The quantitative estimate of drug-likeness (QED) is 0.659. The summed E-state index contributed by atoms with van der Waals surface area (Å²) in [7, 11) is 0. The molecule has 0 saturated heterocycles. The number of carbonyl (C=O) groups excluding carboxylic acids is 1. The van der Waals surface area contributed by atoms with E-state index in [1.54, 1.807) is 12.5 Å². The van der Waals surface area contributed by atoms with Crippen LogP contribution >= 0.6 is 0 Å². The van der Waals surface area contributed by atoms with Crippen LogP contribution in [0.15, 0.2) is 29.2 Å². The molecule has 132 valence electrons. The van der Waals surface area contributed by atoms with Crippen LogP contribution in [0.2, 0.25) is 0 Å². The van der Waals surface area contributed by atoms with E-state index in [-0.39, 0.29) is 5.91 Å². The van der Waals surface area contributed by atoms with E-state index in [0.717, 1.165) is 17.9 Å². The van der Waals surface area contributed by atoms with Gasteiger partial charge in [-0.1, -0.05) is 0 Å². The number of imidazole rings is 1. The van der Waals surface area contributed by atoms with E-state index >= 15 is 0 Å². The highest BCUT2D eigenvalue weighted by molar-refractivity contribution is 5.75. The smallest absolute Gasteiger partial charge is 0.265 e. The minimum atomic E-state index is -0.0469. The largest absolute Gasteiger partial charge is 0.419 e. The van der Waals surface area contributed by atoms with Crippen LogP contribution in [-0.2, 0) is 24.3 Å². The van der Waals surface area contributed by atoms with Crippen LogP contribution < -0.4 is 5.32 Å². The zero-order chi connectivity index (χ0) is 17.6. The highest BCUT2D eigenvalue weighted by atomic mass is 16.4. The lowest BCUT2D eigenvalue weighted by atomic mass is 10.3. The Morgan fingerprint density at radius 1 is 1.36 bits per heavy atom. The van der Waals surface area contributed by atoms with Gasteiger partial charge in [0.25, 0.3) is 5.89 Å². The van der Waals surface area contributed by atoms with Gasteiger partial charge in [0.1, 0.15) is 5.69 Å². The number of amides is 1. The number of nitrogens with zero attached hydrogens (tertiary/aromatic N) is 6. The van der Waals surface area contributed by atoms with Gasteiger partial charge in [-0.3, -0.25) is 9.48 Å². The molecule has 0 aliphatic heterocycles. The normalized spacial score (nSPS) is 11.0. The molecule has 3 heterocycles. The van der Waals surface area contributed by atoms with Gasteiger partial charge in [0.05, 0.1) is 12.0 Å². The van der Waals surface area contributed by atoms with Crippen LogP contribution in [0.5, 0.6) is 0 Å². The molecule has 0 unspecified atom stereocenters. The third-order valence-electron chi connectivity index (χ3n) is 3.70. The second kappa shape index (κ2) is 7.73. The Morgan fingerprint density at radius 2 is 2.24 bits per heavy atom. The van der Waals surface area contributed by atoms with Crippen molar-refractivity contribution in [2.45, 2.75) is 39.8 Å². The van der Waals surface area contributed by atoms with Crippen LogP contribution in [0.1, 0.15) is 24.9 Å². The first kappa shape index (κ1) is 16.9. The van der Waals surface area contributed by atoms with Crippen molar-refractivity contribution in [1.82, 2.24) is 34.8 Å². The maximum absolute atomic E-state index is 11.9. The lowest BCUT2D eigenvalue weighted by Gasteiger charge is -2.04. The zero-order valence-electron chi connectivity index (χ0n) is 14.3. The summed E-state index contributed by atoms with van der Waals surface area (Å²) in [6.45, 7) is 5.89. The molecule has 1 N–H and O–H groups in total. The molecule has 0 bridgehead atoms. The molecular weight excluding hydrogens is 322 g/mol. The lowest BCUT2D eigenvalue weighted by molar-refractivity contribution is -0.121. The fraction of sp³-hybridized carbons (Fsp3) is 0.438. The number of hydrogen-bond donors (Lipinski definition) is 1. The van der Waals surface area contributed by atoms with Crippen LogP contribution in [0.4, 0.5) is 0 Å². The van der Waals surface area contributed by atoms with E-state index in [2.05, 4.69) is 25.6 Å². The van der Waals surface area contributed by atoms with E-state index in [0.29, 0.717) is 37.7 Å². The summed E-state index contributed by atoms with van der Waals surface area (Å²) >= 11 is 0. The molecule has 0 aromatic carbocycles. The zero-order valence-corrected chi connectivity index (χ0v) is 14.3. The molecule has 3 rings (SSSR count). The number of hydrogen-bond acceptors (Lipinski definition) is 6. The second-order valence-electron chi connectivity index (χ2n) is 5.64. The van der Waals surface area contributed by atoms with Crippen molar-refractivity contribution in [3.05, 3.63) is 36.4 Å². The van der Waals surface area contributed by atoms with Gasteiger partial charge in [-0.2, -0.15) is 5.10 Å². The Bertz CT molecular complexity index is 820. The van der Waals surface area contributed by atoms with Crippen molar-refractivity contribution in [2.75, 3.05) is 6.54 Å². The summed E-state index contributed by atoms with van der Waals surface area (Å²) in [5.74, 6) is 0.827. The summed E-state index contributed by atoms with van der Waals surface area (Å²) < 4.78 is 9.38. The van der Waals surface area contributed by atoms with E-state index in [9.17, 15) is 4.79 Å². The van der Waals surface area contributed by atoms with Crippen molar-refractivity contribution < 1.29 is 9.21 Å². The minimum Gasteiger partial charge on any atom is -0.419 e. The summed E-state index contributed by atoms with van der Waals surface area (Å²) in [5.41, 5.74) is 1.69. The maximum atomic E-state index is 11.9. The molecule has 3 aromatic rings. The van der Waals surface area contributed by atoms with Crippen LogP contribution in [0.3, 0.4) is 0 Å². The van der Waals surface area contributed by atoms with E-state index in [4.69, 9.17) is 4.42 Å². The molecule has 0 aliphatic rings. The molecule has 0 aliphatic carbocycles. The summed E-state index contributed by atoms with van der Waals surface area (Å²) in [6.07, 6.45) is 5.99. The first-order valence-electron chi connectivity index (χ1n) is 8.25. The van der Waals surface area contributed by atoms with Crippen molar-refractivity contribution in [3.63, 3.8) is 0 Å². The molecule has 0 spiro atoms. The fourth-order valence-electron chi connectivity index (χ4n) is 2.47. The van der Waals surface area contributed by atoms with Crippen LogP contribution in [0.25, 0.3) is 11.6 Å².